The van der Waals surface area contributed by atoms with E-state index in [0.717, 1.165) is 3.57 Å². The van der Waals surface area contributed by atoms with E-state index >= 15 is 0 Å². The van der Waals surface area contributed by atoms with E-state index in [-0.39, 0.29) is 11.4 Å². The van der Waals surface area contributed by atoms with Crippen molar-refractivity contribution in [3.05, 3.63) is 50.4 Å². The van der Waals surface area contributed by atoms with Crippen LogP contribution in [0.25, 0.3) is 0 Å². The molecule has 2 aromatic rings. The summed E-state index contributed by atoms with van der Waals surface area (Å²) in [7, 11) is 0. The third-order valence-corrected chi connectivity index (χ3v) is 3.32. The smallest absolute Gasteiger partial charge is 0.258 e. The highest BCUT2D eigenvalue weighted by Crippen LogP contribution is 2.24. The molecule has 0 aliphatic rings. The van der Waals surface area contributed by atoms with Gasteiger partial charge in [0.25, 0.3) is 5.91 Å². The van der Waals surface area contributed by atoms with Gasteiger partial charge in [-0.1, -0.05) is 11.6 Å². The Labute approximate surface area is 127 Å². The summed E-state index contributed by atoms with van der Waals surface area (Å²) in [5.74, 6) is -1.79. The van der Waals surface area contributed by atoms with Gasteiger partial charge in [-0.15, -0.1) is 0 Å². The molecule has 0 spiro atoms. The molecule has 1 amide bonds. The van der Waals surface area contributed by atoms with E-state index in [1.807, 2.05) is 0 Å². The van der Waals surface area contributed by atoms with Crippen molar-refractivity contribution in [2.24, 2.45) is 0 Å². The average Bonchev–Trinajstić information content (AvgIpc) is 2.36. The molecule has 3 N–H and O–H groups in total. The summed E-state index contributed by atoms with van der Waals surface area (Å²) in [4.78, 5) is 15.5. The maximum Gasteiger partial charge on any atom is 0.258 e. The number of halogens is 3. The number of nitrogens with zero attached hydrogens (tertiary/aromatic N) is 1. The standard InChI is InChI=1S/C12H8ClFIN3O/c13-8-5-6(15)1-2-9(8)18-12(19)7-3-4-17-11(16)10(7)14/h1-5H,(H2,16,17)(H,18,19). The van der Waals surface area contributed by atoms with Gasteiger partial charge in [0.1, 0.15) is 0 Å². The van der Waals surface area contributed by atoms with E-state index in [9.17, 15) is 9.18 Å². The van der Waals surface area contributed by atoms with Crippen molar-refractivity contribution in [1.29, 1.82) is 0 Å². The van der Waals surface area contributed by atoms with Crippen molar-refractivity contribution >= 4 is 51.6 Å². The van der Waals surface area contributed by atoms with Gasteiger partial charge in [0.2, 0.25) is 0 Å². The molecule has 1 aromatic carbocycles. The molecule has 2 rings (SSSR count). The lowest BCUT2D eigenvalue weighted by molar-refractivity contribution is 0.102. The van der Waals surface area contributed by atoms with E-state index in [0.29, 0.717) is 10.7 Å². The minimum absolute atomic E-state index is 0.179. The van der Waals surface area contributed by atoms with E-state index < -0.39 is 11.7 Å². The number of nitrogen functional groups attached to an aromatic ring is 1. The zero-order chi connectivity index (χ0) is 14.0. The fraction of sp³-hybridized carbons (Fsp3) is 0. The van der Waals surface area contributed by atoms with E-state index in [1.54, 1.807) is 18.2 Å². The Morgan fingerprint density at radius 3 is 2.84 bits per heavy atom. The number of nitrogens with two attached hydrogens (primary N) is 1. The zero-order valence-electron chi connectivity index (χ0n) is 9.45. The van der Waals surface area contributed by atoms with Gasteiger partial charge in [-0.3, -0.25) is 4.79 Å². The SMILES string of the molecule is Nc1nccc(C(=O)Nc2ccc(I)cc2Cl)c1F. The van der Waals surface area contributed by atoms with Crippen LogP contribution in [-0.2, 0) is 0 Å². The Balaban J connectivity index is 2.28. The van der Waals surface area contributed by atoms with Crippen molar-refractivity contribution < 1.29 is 9.18 Å². The monoisotopic (exact) mass is 391 g/mol. The van der Waals surface area contributed by atoms with Crippen molar-refractivity contribution in [1.82, 2.24) is 4.98 Å². The van der Waals surface area contributed by atoms with Crippen molar-refractivity contribution in [3.8, 4) is 0 Å². The molecular weight excluding hydrogens is 384 g/mol. The van der Waals surface area contributed by atoms with Gasteiger partial charge >= 0.3 is 0 Å². The van der Waals surface area contributed by atoms with Gasteiger partial charge in [-0.05, 0) is 46.9 Å². The molecule has 98 valence electrons. The second-order valence-electron chi connectivity index (χ2n) is 3.64. The average molecular weight is 392 g/mol. The highest BCUT2D eigenvalue weighted by Gasteiger charge is 2.15. The summed E-state index contributed by atoms with van der Waals surface area (Å²) >= 11 is 8.08. The summed E-state index contributed by atoms with van der Waals surface area (Å²) in [5.41, 5.74) is 5.53. The van der Waals surface area contributed by atoms with E-state index in [1.165, 1.54) is 12.3 Å². The number of benzene rings is 1. The summed E-state index contributed by atoms with van der Waals surface area (Å²) in [5, 5.41) is 2.90. The second-order valence-corrected chi connectivity index (χ2v) is 5.29. The number of carbonyl (C=O) groups excluding carboxylic acids is 1. The van der Waals surface area contributed by atoms with Crippen molar-refractivity contribution in [3.63, 3.8) is 0 Å². The Bertz CT molecular complexity index is 651. The van der Waals surface area contributed by atoms with Gasteiger partial charge in [0, 0.05) is 9.77 Å². The van der Waals surface area contributed by atoms with Gasteiger partial charge in [0.15, 0.2) is 11.6 Å². The Kier molecular flexibility index (Phi) is 4.20. The fourth-order valence-corrected chi connectivity index (χ4v) is 2.32. The molecule has 0 aliphatic carbocycles. The predicted molar refractivity (Wildman–Crippen MR) is 80.7 cm³/mol. The number of rotatable bonds is 2. The molecule has 0 saturated heterocycles. The molecule has 0 radical (unpaired) electrons. The number of aromatic nitrogens is 1. The van der Waals surface area contributed by atoms with Gasteiger partial charge in [0.05, 0.1) is 16.3 Å². The molecule has 0 unspecified atom stereocenters. The van der Waals surface area contributed by atoms with Gasteiger partial charge in [-0.2, -0.15) is 0 Å². The minimum atomic E-state index is -0.846. The maximum atomic E-state index is 13.6. The van der Waals surface area contributed by atoms with E-state index in [4.69, 9.17) is 17.3 Å². The van der Waals surface area contributed by atoms with Crippen LogP contribution in [0, 0.1) is 9.39 Å². The zero-order valence-corrected chi connectivity index (χ0v) is 12.4. The first-order valence-electron chi connectivity index (χ1n) is 5.15. The van der Waals surface area contributed by atoms with Crippen molar-refractivity contribution in [2.75, 3.05) is 11.1 Å². The molecule has 19 heavy (non-hydrogen) atoms. The minimum Gasteiger partial charge on any atom is -0.381 e. The van der Waals surface area contributed by atoms with Crippen molar-refractivity contribution in [2.45, 2.75) is 0 Å². The first-order valence-corrected chi connectivity index (χ1v) is 6.61. The highest BCUT2D eigenvalue weighted by atomic mass is 127. The summed E-state index contributed by atoms with van der Waals surface area (Å²) in [6, 6.07) is 6.36. The first-order chi connectivity index (χ1) is 8.99. The molecule has 0 saturated carbocycles. The molecule has 0 atom stereocenters. The Morgan fingerprint density at radius 1 is 1.42 bits per heavy atom. The lowest BCUT2D eigenvalue weighted by Crippen LogP contribution is -2.15. The third kappa shape index (κ3) is 3.13. The van der Waals surface area contributed by atoms with Crippen LogP contribution in [-0.4, -0.2) is 10.9 Å². The molecule has 4 nitrogen and oxygen atoms in total. The normalized spacial score (nSPS) is 10.3. The van der Waals surface area contributed by atoms with Crippen LogP contribution in [0.3, 0.4) is 0 Å². The van der Waals surface area contributed by atoms with Crippen LogP contribution >= 0.6 is 34.2 Å². The molecule has 1 aromatic heterocycles. The van der Waals surface area contributed by atoms with Crippen LogP contribution in [0.5, 0.6) is 0 Å². The fourth-order valence-electron chi connectivity index (χ4n) is 1.42. The Morgan fingerprint density at radius 2 is 2.16 bits per heavy atom. The molecule has 0 bridgehead atoms. The number of hydrogen-bond donors (Lipinski definition) is 2. The van der Waals surface area contributed by atoms with Crippen LogP contribution in [0.15, 0.2) is 30.5 Å². The van der Waals surface area contributed by atoms with Crippen LogP contribution in [0.1, 0.15) is 10.4 Å². The molecule has 1 heterocycles. The highest BCUT2D eigenvalue weighted by molar-refractivity contribution is 14.1. The van der Waals surface area contributed by atoms with Gasteiger partial charge in [-0.25, -0.2) is 9.37 Å². The number of pyridine rings is 1. The Hall–Kier alpha value is -1.41. The quantitative estimate of drug-likeness (QED) is 0.772. The topological polar surface area (TPSA) is 68.0 Å². The number of amides is 1. The molecular formula is C12H8ClFIN3O. The number of carbonyl (C=O) groups is 1. The maximum absolute atomic E-state index is 13.6. The van der Waals surface area contributed by atoms with Crippen LogP contribution in [0.4, 0.5) is 15.9 Å². The molecule has 7 heteroatoms. The first kappa shape index (κ1) is 14.0. The predicted octanol–water partition coefficient (Wildman–Crippen LogP) is 3.31. The summed E-state index contributed by atoms with van der Waals surface area (Å²) < 4.78 is 14.6. The van der Waals surface area contributed by atoms with Crippen LogP contribution < -0.4 is 11.1 Å². The summed E-state index contributed by atoms with van der Waals surface area (Å²) in [6.45, 7) is 0. The second kappa shape index (κ2) is 5.70. The van der Waals surface area contributed by atoms with E-state index in [2.05, 4.69) is 32.9 Å². The number of anilines is 2. The molecule has 0 aliphatic heterocycles. The third-order valence-electron chi connectivity index (χ3n) is 2.34. The lowest BCUT2D eigenvalue weighted by Gasteiger charge is -2.08. The number of nitrogens with one attached hydrogen (secondary N) is 1. The van der Waals surface area contributed by atoms with Crippen LogP contribution in [0.2, 0.25) is 5.02 Å². The van der Waals surface area contributed by atoms with Gasteiger partial charge < -0.3 is 11.1 Å². The largest absolute Gasteiger partial charge is 0.381 e. The lowest BCUT2D eigenvalue weighted by atomic mass is 10.2. The molecule has 0 fully saturated rings. The summed E-state index contributed by atoms with van der Waals surface area (Å²) in [6.07, 6.45) is 1.27. The number of hydrogen-bond acceptors (Lipinski definition) is 3.